The summed E-state index contributed by atoms with van der Waals surface area (Å²) in [5.74, 6) is 2.94. The van der Waals surface area contributed by atoms with Crippen molar-refractivity contribution in [2.45, 2.75) is 59.8 Å². The fraction of sp³-hybridized carbons (Fsp3) is 0.875. The maximum Gasteiger partial charge on any atom is -0.00516 e. The van der Waals surface area contributed by atoms with Crippen molar-refractivity contribution in [1.82, 2.24) is 0 Å². The third-order valence-electron chi connectivity index (χ3n) is 6.53. The topological polar surface area (TPSA) is 0 Å². The van der Waals surface area contributed by atoms with Crippen molar-refractivity contribution < 1.29 is 0 Å². The molecule has 3 rings (SSSR count). The van der Waals surface area contributed by atoms with Gasteiger partial charge in [-0.15, -0.1) is 0 Å². The second kappa shape index (κ2) is 3.15. The van der Waals surface area contributed by atoms with Crippen LogP contribution >= 0.6 is 0 Å². The average Bonchev–Trinajstić information content (AvgIpc) is 2.68. The van der Waals surface area contributed by atoms with E-state index in [4.69, 9.17) is 0 Å². The van der Waals surface area contributed by atoms with E-state index in [1.807, 2.05) is 5.57 Å². The van der Waals surface area contributed by atoms with Crippen molar-refractivity contribution >= 4 is 0 Å². The minimum Gasteiger partial charge on any atom is -0.0879 e. The van der Waals surface area contributed by atoms with Crippen molar-refractivity contribution in [2.75, 3.05) is 0 Å². The fourth-order valence-corrected chi connectivity index (χ4v) is 5.81. The molecule has 0 heterocycles. The van der Waals surface area contributed by atoms with E-state index in [1.54, 1.807) is 0 Å². The van der Waals surface area contributed by atoms with Crippen molar-refractivity contribution in [3.8, 4) is 0 Å². The quantitative estimate of drug-likeness (QED) is 0.512. The molecule has 16 heavy (non-hydrogen) atoms. The summed E-state index contributed by atoms with van der Waals surface area (Å²) >= 11 is 0. The van der Waals surface area contributed by atoms with Crippen LogP contribution in [0.25, 0.3) is 0 Å². The molecule has 0 radical (unpaired) electrons. The Morgan fingerprint density at radius 3 is 2.69 bits per heavy atom. The van der Waals surface area contributed by atoms with Gasteiger partial charge in [0.15, 0.2) is 0 Å². The largest absolute Gasteiger partial charge is 0.0879 e. The number of hydrogen-bond acceptors (Lipinski definition) is 0. The van der Waals surface area contributed by atoms with Gasteiger partial charge in [-0.25, -0.2) is 0 Å². The first kappa shape index (κ1) is 10.9. The fourth-order valence-electron chi connectivity index (χ4n) is 5.81. The van der Waals surface area contributed by atoms with E-state index in [2.05, 4.69) is 33.8 Å². The molecule has 3 aliphatic rings. The molecule has 0 aliphatic heterocycles. The van der Waals surface area contributed by atoms with Crippen molar-refractivity contribution in [3.63, 3.8) is 0 Å². The normalized spacial score (nSPS) is 52.0. The molecular weight excluding hydrogens is 192 g/mol. The first-order chi connectivity index (χ1) is 7.52. The minimum absolute atomic E-state index is 0.598. The Bertz CT molecular complexity index is 336. The van der Waals surface area contributed by atoms with E-state index in [0.717, 1.165) is 17.8 Å². The van der Waals surface area contributed by atoms with Crippen LogP contribution in [0, 0.1) is 28.6 Å². The highest BCUT2D eigenvalue weighted by molar-refractivity contribution is 5.28. The molecule has 0 nitrogen and oxygen atoms in total. The monoisotopic (exact) mass is 218 g/mol. The van der Waals surface area contributed by atoms with Gasteiger partial charge in [-0.05, 0) is 67.6 Å². The van der Waals surface area contributed by atoms with Crippen molar-refractivity contribution in [3.05, 3.63) is 11.6 Å². The maximum atomic E-state index is 2.56. The Labute approximate surface area is 101 Å². The second-order valence-corrected chi connectivity index (χ2v) is 7.21. The predicted octanol–water partition coefficient (Wildman–Crippen LogP) is 4.81. The highest BCUT2D eigenvalue weighted by Gasteiger charge is 2.63. The summed E-state index contributed by atoms with van der Waals surface area (Å²) in [6.45, 7) is 9.88. The second-order valence-electron chi connectivity index (χ2n) is 7.21. The van der Waals surface area contributed by atoms with Gasteiger partial charge < -0.3 is 0 Å². The summed E-state index contributed by atoms with van der Waals surface area (Å²) in [4.78, 5) is 0. The summed E-state index contributed by atoms with van der Waals surface area (Å²) < 4.78 is 0. The lowest BCUT2D eigenvalue weighted by Crippen LogP contribution is -2.28. The van der Waals surface area contributed by atoms with Crippen LogP contribution in [0.15, 0.2) is 11.6 Å². The zero-order valence-corrected chi connectivity index (χ0v) is 11.3. The Morgan fingerprint density at radius 1 is 1.25 bits per heavy atom. The van der Waals surface area contributed by atoms with Crippen LogP contribution in [0.1, 0.15) is 59.8 Å². The molecule has 0 unspecified atom stereocenters. The zero-order valence-electron chi connectivity index (χ0n) is 11.3. The third kappa shape index (κ3) is 1.07. The third-order valence-corrected chi connectivity index (χ3v) is 6.53. The molecule has 3 fully saturated rings. The van der Waals surface area contributed by atoms with E-state index in [9.17, 15) is 0 Å². The van der Waals surface area contributed by atoms with Gasteiger partial charge in [-0.2, -0.15) is 0 Å². The molecule has 0 heteroatoms. The Morgan fingerprint density at radius 2 is 2.00 bits per heavy atom. The van der Waals surface area contributed by atoms with Crippen LogP contribution in [-0.2, 0) is 0 Å². The molecule has 4 atom stereocenters. The van der Waals surface area contributed by atoms with Gasteiger partial charge >= 0.3 is 0 Å². The van der Waals surface area contributed by atoms with Crippen LogP contribution in [0.3, 0.4) is 0 Å². The standard InChI is InChI=1S/C16H26/c1-5-12-6-7-14-15(3,4)13-10-16(12,14)9-8-11(13)2/h5,11,13-14H,6-10H2,1-4H3/t11-,13-,14+,16-/m1/s1. The minimum atomic E-state index is 0.598. The Hall–Kier alpha value is -0.260. The summed E-state index contributed by atoms with van der Waals surface area (Å²) in [6.07, 6.45) is 9.78. The number of rotatable bonds is 0. The van der Waals surface area contributed by atoms with Gasteiger partial charge in [0, 0.05) is 0 Å². The average molecular weight is 218 g/mol. The first-order valence-electron chi connectivity index (χ1n) is 7.18. The van der Waals surface area contributed by atoms with Crippen LogP contribution in [0.5, 0.6) is 0 Å². The summed E-state index contributed by atoms with van der Waals surface area (Å²) in [5.41, 5.74) is 3.07. The number of hydrogen-bond donors (Lipinski definition) is 0. The van der Waals surface area contributed by atoms with Gasteiger partial charge in [0.1, 0.15) is 0 Å². The summed E-state index contributed by atoms with van der Waals surface area (Å²) in [6, 6.07) is 0. The van der Waals surface area contributed by atoms with E-state index >= 15 is 0 Å². The molecule has 0 N–H and O–H groups in total. The Balaban J connectivity index is 2.08. The SMILES string of the molecule is CC=C1CC[C@H]2C(C)(C)[C@@H]3C[C@]12CC[C@H]3C. The predicted molar refractivity (Wildman–Crippen MR) is 69.2 cm³/mol. The molecule has 3 saturated carbocycles. The van der Waals surface area contributed by atoms with Gasteiger partial charge in [-0.3, -0.25) is 0 Å². The number of fused-ring (bicyclic) bond motifs is 1. The van der Waals surface area contributed by atoms with Crippen LogP contribution in [-0.4, -0.2) is 0 Å². The van der Waals surface area contributed by atoms with Gasteiger partial charge in [-0.1, -0.05) is 32.4 Å². The van der Waals surface area contributed by atoms with E-state index in [0.29, 0.717) is 10.8 Å². The molecule has 90 valence electrons. The zero-order chi connectivity index (χ0) is 11.6. The van der Waals surface area contributed by atoms with E-state index < -0.39 is 0 Å². The van der Waals surface area contributed by atoms with E-state index in [-0.39, 0.29) is 0 Å². The summed E-state index contributed by atoms with van der Waals surface area (Å²) in [5, 5.41) is 0. The molecule has 2 bridgehead atoms. The van der Waals surface area contributed by atoms with E-state index in [1.165, 1.54) is 32.1 Å². The van der Waals surface area contributed by atoms with Crippen LogP contribution < -0.4 is 0 Å². The highest BCUT2D eigenvalue weighted by Crippen LogP contribution is 2.72. The first-order valence-corrected chi connectivity index (χ1v) is 7.18. The molecule has 0 saturated heterocycles. The van der Waals surface area contributed by atoms with Crippen molar-refractivity contribution in [2.24, 2.45) is 28.6 Å². The molecule has 0 amide bonds. The van der Waals surface area contributed by atoms with Crippen LogP contribution in [0.4, 0.5) is 0 Å². The highest BCUT2D eigenvalue weighted by atomic mass is 14.7. The van der Waals surface area contributed by atoms with Gasteiger partial charge in [0.25, 0.3) is 0 Å². The molecule has 0 aromatic rings. The molecule has 0 aromatic carbocycles. The molecule has 3 aliphatic carbocycles. The maximum absolute atomic E-state index is 2.56. The van der Waals surface area contributed by atoms with Crippen LogP contribution in [0.2, 0.25) is 0 Å². The lowest BCUT2D eigenvalue weighted by molar-refractivity contribution is 0.140. The van der Waals surface area contributed by atoms with Gasteiger partial charge in [0.05, 0.1) is 0 Å². The summed E-state index contributed by atoms with van der Waals surface area (Å²) in [7, 11) is 0. The smallest absolute Gasteiger partial charge is 0.00516 e. The van der Waals surface area contributed by atoms with Crippen molar-refractivity contribution in [1.29, 1.82) is 0 Å². The molecule has 0 aromatic heterocycles. The lowest BCUT2D eigenvalue weighted by Gasteiger charge is -2.37. The lowest BCUT2D eigenvalue weighted by atomic mass is 9.67. The Kier molecular flexibility index (Phi) is 2.14. The molecular formula is C16H26. The number of allylic oxidation sites excluding steroid dienone is 2. The molecule has 1 spiro atoms. The van der Waals surface area contributed by atoms with Gasteiger partial charge in [0.2, 0.25) is 0 Å².